The van der Waals surface area contributed by atoms with E-state index in [0.717, 1.165) is 24.1 Å². The summed E-state index contributed by atoms with van der Waals surface area (Å²) in [5.74, 6) is -0.139. The number of piperidine rings is 1. The van der Waals surface area contributed by atoms with Crippen LogP contribution in [0.1, 0.15) is 62.9 Å². The number of aromatic nitrogens is 1. The summed E-state index contributed by atoms with van der Waals surface area (Å²) in [6.45, 7) is 1.37. The van der Waals surface area contributed by atoms with Gasteiger partial charge in [0.15, 0.2) is 5.78 Å². The lowest BCUT2D eigenvalue weighted by atomic mass is 9.84. The molecule has 0 aromatic carbocycles. The van der Waals surface area contributed by atoms with E-state index >= 15 is 0 Å². The van der Waals surface area contributed by atoms with Crippen LogP contribution >= 0.6 is 11.3 Å². The molecule has 4 rings (SSSR count). The first-order valence-electron chi connectivity index (χ1n) is 8.75. The van der Waals surface area contributed by atoms with Gasteiger partial charge < -0.3 is 9.88 Å². The molecule has 6 heteroatoms. The highest BCUT2D eigenvalue weighted by molar-refractivity contribution is 7.10. The van der Waals surface area contributed by atoms with E-state index in [1.807, 2.05) is 17.5 Å². The van der Waals surface area contributed by atoms with Crippen molar-refractivity contribution in [3.8, 4) is 0 Å². The van der Waals surface area contributed by atoms with Gasteiger partial charge in [0.05, 0.1) is 0 Å². The number of carbonyl (C=O) groups is 2. The Balaban J connectivity index is 1.66. The average Bonchev–Trinajstić information content (AvgIpc) is 3.16. The predicted octanol–water partition coefficient (Wildman–Crippen LogP) is 2.98. The summed E-state index contributed by atoms with van der Waals surface area (Å²) in [6.07, 6.45) is 4.12. The second kappa shape index (κ2) is 6.59. The fourth-order valence-electron chi connectivity index (χ4n) is 3.78. The molecule has 3 heterocycles. The zero-order valence-corrected chi connectivity index (χ0v) is 14.7. The van der Waals surface area contributed by atoms with Crippen LogP contribution < -0.4 is 5.56 Å². The Kier molecular flexibility index (Phi) is 4.29. The van der Waals surface area contributed by atoms with E-state index in [9.17, 15) is 14.4 Å². The van der Waals surface area contributed by atoms with E-state index in [2.05, 4.69) is 4.98 Å². The minimum absolute atomic E-state index is 0.00333. The zero-order chi connectivity index (χ0) is 17.4. The smallest absolute Gasteiger partial charge is 0.261 e. The Morgan fingerprint density at radius 2 is 1.96 bits per heavy atom. The molecule has 1 N–H and O–H groups in total. The van der Waals surface area contributed by atoms with Crippen LogP contribution in [0.25, 0.3) is 0 Å². The van der Waals surface area contributed by atoms with Gasteiger partial charge in [-0.25, -0.2) is 0 Å². The van der Waals surface area contributed by atoms with Gasteiger partial charge in [-0.05, 0) is 43.2 Å². The lowest BCUT2D eigenvalue weighted by Gasteiger charge is -2.27. The van der Waals surface area contributed by atoms with Crippen LogP contribution in [-0.4, -0.2) is 34.7 Å². The number of hydrogen-bond donors (Lipinski definition) is 1. The molecule has 0 radical (unpaired) electrons. The van der Waals surface area contributed by atoms with Crippen molar-refractivity contribution in [2.75, 3.05) is 13.1 Å². The van der Waals surface area contributed by atoms with E-state index in [4.69, 9.17) is 0 Å². The van der Waals surface area contributed by atoms with Crippen LogP contribution in [0.4, 0.5) is 0 Å². The number of nitrogens with one attached hydrogen (secondary N) is 1. The molecule has 5 nitrogen and oxygen atoms in total. The second-order valence-electron chi connectivity index (χ2n) is 6.80. The fourth-order valence-corrected chi connectivity index (χ4v) is 4.61. The number of ketones is 1. The first-order chi connectivity index (χ1) is 12.1. The summed E-state index contributed by atoms with van der Waals surface area (Å²) in [6, 6.07) is 5.53. The van der Waals surface area contributed by atoms with Crippen LogP contribution in [0, 0.1) is 0 Å². The van der Waals surface area contributed by atoms with Gasteiger partial charge >= 0.3 is 0 Å². The summed E-state index contributed by atoms with van der Waals surface area (Å²) in [4.78, 5) is 43.4. The third kappa shape index (κ3) is 3.06. The molecular weight excluding hydrogens is 336 g/mol. The number of amides is 1. The Morgan fingerprint density at radius 3 is 2.68 bits per heavy atom. The van der Waals surface area contributed by atoms with Crippen LogP contribution in [0.3, 0.4) is 0 Å². The van der Waals surface area contributed by atoms with Gasteiger partial charge in [-0.15, -0.1) is 11.3 Å². The summed E-state index contributed by atoms with van der Waals surface area (Å²) >= 11 is 1.63. The van der Waals surface area contributed by atoms with Crippen molar-refractivity contribution in [2.24, 2.45) is 0 Å². The van der Waals surface area contributed by atoms with Crippen molar-refractivity contribution in [1.82, 2.24) is 9.88 Å². The van der Waals surface area contributed by atoms with Crippen molar-refractivity contribution in [3.05, 3.63) is 55.6 Å². The number of likely N-dealkylation sites (tertiary alicyclic amines) is 1. The fraction of sp³-hybridized carbons (Fsp3) is 0.421. The molecule has 1 saturated heterocycles. The molecule has 2 aliphatic rings. The maximum Gasteiger partial charge on any atom is 0.261 e. The zero-order valence-electron chi connectivity index (χ0n) is 13.9. The van der Waals surface area contributed by atoms with Gasteiger partial charge in [0, 0.05) is 41.6 Å². The van der Waals surface area contributed by atoms with Crippen LogP contribution in [0.2, 0.25) is 0 Å². The Hall–Kier alpha value is -2.21. The van der Waals surface area contributed by atoms with E-state index < -0.39 is 0 Å². The standard InChI is InChI=1S/C19H20N2O3S/c22-16-10-12(17-5-4-8-25-17)9-15-13(16)11-14(18(23)20-15)19(24)21-6-2-1-3-7-21/h4-5,8,11-12H,1-3,6-7,9-10H2,(H,20,23). The number of carbonyl (C=O) groups excluding carboxylic acids is 2. The van der Waals surface area contributed by atoms with Crippen LogP contribution in [0.15, 0.2) is 28.4 Å². The van der Waals surface area contributed by atoms with Crippen LogP contribution in [0.5, 0.6) is 0 Å². The molecule has 2 aromatic rings. The van der Waals surface area contributed by atoms with E-state index in [0.29, 0.717) is 37.2 Å². The van der Waals surface area contributed by atoms with Gasteiger partial charge in [-0.3, -0.25) is 14.4 Å². The lowest BCUT2D eigenvalue weighted by molar-refractivity contribution is 0.0722. The highest BCUT2D eigenvalue weighted by atomic mass is 32.1. The van der Waals surface area contributed by atoms with Gasteiger partial charge in [0.25, 0.3) is 11.5 Å². The molecule has 1 amide bonds. The summed E-state index contributed by atoms with van der Waals surface area (Å²) in [5, 5.41) is 2.00. The summed E-state index contributed by atoms with van der Waals surface area (Å²) in [7, 11) is 0. The molecule has 0 spiro atoms. The summed E-state index contributed by atoms with van der Waals surface area (Å²) < 4.78 is 0. The third-order valence-electron chi connectivity index (χ3n) is 5.12. The van der Waals surface area contributed by atoms with Crippen molar-refractivity contribution < 1.29 is 9.59 Å². The molecule has 1 unspecified atom stereocenters. The normalized spacial score (nSPS) is 20.4. The van der Waals surface area contributed by atoms with Crippen molar-refractivity contribution in [2.45, 2.75) is 38.0 Å². The number of hydrogen-bond acceptors (Lipinski definition) is 4. The first kappa shape index (κ1) is 16.3. The molecule has 2 aromatic heterocycles. The first-order valence-corrected chi connectivity index (χ1v) is 9.63. The van der Waals surface area contributed by atoms with E-state index in [1.165, 1.54) is 6.07 Å². The third-order valence-corrected chi connectivity index (χ3v) is 6.16. The molecule has 130 valence electrons. The largest absolute Gasteiger partial charge is 0.338 e. The number of aromatic amines is 1. The minimum atomic E-state index is -0.381. The Labute approximate surface area is 149 Å². The van der Waals surface area contributed by atoms with Gasteiger partial charge in [-0.1, -0.05) is 6.07 Å². The predicted molar refractivity (Wildman–Crippen MR) is 96.5 cm³/mol. The van der Waals surface area contributed by atoms with Gasteiger partial charge in [0.2, 0.25) is 0 Å². The van der Waals surface area contributed by atoms with E-state index in [-0.39, 0.29) is 28.7 Å². The SMILES string of the molecule is O=C1CC(c2cccs2)Cc2[nH]c(=O)c(C(=O)N3CCCCC3)cc21. The van der Waals surface area contributed by atoms with Crippen molar-refractivity contribution >= 4 is 23.0 Å². The van der Waals surface area contributed by atoms with Crippen LogP contribution in [-0.2, 0) is 6.42 Å². The quantitative estimate of drug-likeness (QED) is 0.899. The molecule has 1 aliphatic carbocycles. The number of nitrogens with zero attached hydrogens (tertiary/aromatic N) is 1. The number of Topliss-reactive ketones (excluding diaryl/α,β-unsaturated/α-hetero) is 1. The maximum absolute atomic E-state index is 12.7. The topological polar surface area (TPSA) is 70.2 Å². The number of pyridine rings is 1. The Morgan fingerprint density at radius 1 is 1.16 bits per heavy atom. The minimum Gasteiger partial charge on any atom is -0.338 e. The lowest BCUT2D eigenvalue weighted by Crippen LogP contribution is -2.39. The van der Waals surface area contributed by atoms with E-state index in [1.54, 1.807) is 16.2 Å². The molecule has 25 heavy (non-hydrogen) atoms. The van der Waals surface area contributed by atoms with Gasteiger partial charge in [0.1, 0.15) is 5.56 Å². The Bertz CT molecular complexity index is 863. The second-order valence-corrected chi connectivity index (χ2v) is 7.78. The maximum atomic E-state index is 12.7. The number of fused-ring (bicyclic) bond motifs is 1. The van der Waals surface area contributed by atoms with Crippen molar-refractivity contribution in [1.29, 1.82) is 0 Å². The highest BCUT2D eigenvalue weighted by Crippen LogP contribution is 2.33. The highest BCUT2D eigenvalue weighted by Gasteiger charge is 2.30. The summed E-state index contributed by atoms with van der Waals surface area (Å²) in [5.41, 5.74) is 0.889. The molecule has 1 aliphatic heterocycles. The molecule has 1 atom stereocenters. The molecule has 0 bridgehead atoms. The molecule has 0 saturated carbocycles. The average molecular weight is 356 g/mol. The number of H-pyrrole nitrogens is 1. The molecule has 1 fully saturated rings. The molecular formula is C19H20N2O3S. The number of thiophene rings is 1. The van der Waals surface area contributed by atoms with Gasteiger partial charge in [-0.2, -0.15) is 0 Å². The monoisotopic (exact) mass is 356 g/mol. The van der Waals surface area contributed by atoms with Crippen molar-refractivity contribution in [3.63, 3.8) is 0 Å². The number of rotatable bonds is 2.